The van der Waals surface area contributed by atoms with Gasteiger partial charge in [-0.05, 0) is 60.4 Å². The molecule has 0 spiro atoms. The van der Waals surface area contributed by atoms with Crippen molar-refractivity contribution in [3.8, 4) is 5.75 Å². The summed E-state index contributed by atoms with van der Waals surface area (Å²) in [6, 6.07) is 14.1. The van der Waals surface area contributed by atoms with Crippen LogP contribution >= 0.6 is 0 Å². The van der Waals surface area contributed by atoms with Gasteiger partial charge in [0.2, 0.25) is 6.29 Å². The molecule has 0 bridgehead atoms. The SMILES string of the molecule is CC1([C@]2(O)CC[C@@H]3C(=O)O[C@@H](Oc4ccc5ccccc5c4)[C@@H]3C2)CCCCC1. The summed E-state index contributed by atoms with van der Waals surface area (Å²) < 4.78 is 11.8. The van der Waals surface area contributed by atoms with Gasteiger partial charge < -0.3 is 14.6 Å². The maximum Gasteiger partial charge on any atom is 0.312 e. The second-order valence-electron chi connectivity index (χ2n) is 9.60. The lowest BCUT2D eigenvalue weighted by molar-refractivity contribution is -0.157. The van der Waals surface area contributed by atoms with E-state index in [1.807, 2.05) is 30.3 Å². The zero-order valence-corrected chi connectivity index (χ0v) is 17.1. The molecule has 4 heteroatoms. The fraction of sp³-hybridized carbons (Fsp3) is 0.560. The third-order valence-electron chi connectivity index (χ3n) is 7.90. The third kappa shape index (κ3) is 3.22. The third-order valence-corrected chi connectivity index (χ3v) is 7.90. The van der Waals surface area contributed by atoms with Gasteiger partial charge in [0.15, 0.2) is 0 Å². The quantitative estimate of drug-likeness (QED) is 0.725. The number of cyclic esters (lactones) is 1. The predicted octanol–water partition coefficient (Wildman–Crippen LogP) is 5.22. The van der Waals surface area contributed by atoms with Gasteiger partial charge in [0.05, 0.1) is 11.5 Å². The van der Waals surface area contributed by atoms with E-state index in [9.17, 15) is 9.90 Å². The molecule has 2 aliphatic carbocycles. The molecule has 1 saturated heterocycles. The number of rotatable bonds is 3. The zero-order valence-electron chi connectivity index (χ0n) is 17.1. The molecule has 0 radical (unpaired) electrons. The summed E-state index contributed by atoms with van der Waals surface area (Å²) >= 11 is 0. The molecule has 4 nitrogen and oxygen atoms in total. The molecular weight excluding hydrogens is 364 g/mol. The zero-order chi connectivity index (χ0) is 20.1. The van der Waals surface area contributed by atoms with Crippen molar-refractivity contribution in [2.75, 3.05) is 0 Å². The molecule has 3 aliphatic rings. The Bertz CT molecular complexity index is 916. The number of aliphatic hydroxyl groups is 1. The number of esters is 1. The highest BCUT2D eigenvalue weighted by atomic mass is 16.7. The van der Waals surface area contributed by atoms with Gasteiger partial charge >= 0.3 is 5.97 Å². The van der Waals surface area contributed by atoms with Gasteiger partial charge in [-0.1, -0.05) is 56.5 Å². The molecule has 3 fully saturated rings. The van der Waals surface area contributed by atoms with E-state index >= 15 is 0 Å². The first-order valence-electron chi connectivity index (χ1n) is 11.1. The van der Waals surface area contributed by atoms with Crippen molar-refractivity contribution < 1.29 is 19.4 Å². The Morgan fingerprint density at radius 2 is 1.79 bits per heavy atom. The molecule has 2 aromatic carbocycles. The normalized spacial score (nSPS) is 33.9. The molecule has 4 atom stereocenters. The molecule has 5 rings (SSSR count). The Morgan fingerprint density at radius 1 is 1.03 bits per heavy atom. The number of ether oxygens (including phenoxy) is 2. The summed E-state index contributed by atoms with van der Waals surface area (Å²) in [5.74, 6) is 0.288. The van der Waals surface area contributed by atoms with Crippen LogP contribution in [-0.4, -0.2) is 23.0 Å². The van der Waals surface area contributed by atoms with E-state index in [1.165, 1.54) is 19.3 Å². The Labute approximate surface area is 172 Å². The molecule has 154 valence electrons. The van der Waals surface area contributed by atoms with Gasteiger partial charge in [0.25, 0.3) is 0 Å². The van der Waals surface area contributed by atoms with Crippen LogP contribution in [0.3, 0.4) is 0 Å². The molecule has 0 unspecified atom stereocenters. The largest absolute Gasteiger partial charge is 0.454 e. The number of hydrogen-bond acceptors (Lipinski definition) is 4. The van der Waals surface area contributed by atoms with Crippen molar-refractivity contribution in [1.29, 1.82) is 0 Å². The van der Waals surface area contributed by atoms with Crippen LogP contribution in [-0.2, 0) is 9.53 Å². The summed E-state index contributed by atoms with van der Waals surface area (Å²) in [6.07, 6.45) is 7.07. The molecule has 1 aliphatic heterocycles. The first kappa shape index (κ1) is 18.9. The lowest BCUT2D eigenvalue weighted by atomic mass is 9.57. The van der Waals surface area contributed by atoms with Gasteiger partial charge in [-0.25, -0.2) is 0 Å². The number of carbonyl (C=O) groups is 1. The second-order valence-corrected chi connectivity index (χ2v) is 9.60. The van der Waals surface area contributed by atoms with E-state index in [2.05, 4.69) is 19.1 Å². The lowest BCUT2D eigenvalue weighted by Crippen LogP contribution is -2.53. The number of benzene rings is 2. The Morgan fingerprint density at radius 3 is 2.59 bits per heavy atom. The monoisotopic (exact) mass is 394 g/mol. The van der Waals surface area contributed by atoms with Crippen LogP contribution < -0.4 is 4.74 Å². The minimum Gasteiger partial charge on any atom is -0.454 e. The first-order valence-corrected chi connectivity index (χ1v) is 11.1. The van der Waals surface area contributed by atoms with Crippen molar-refractivity contribution in [2.24, 2.45) is 17.3 Å². The summed E-state index contributed by atoms with van der Waals surface area (Å²) in [7, 11) is 0. The molecule has 1 heterocycles. The predicted molar refractivity (Wildman–Crippen MR) is 111 cm³/mol. The molecule has 2 saturated carbocycles. The summed E-state index contributed by atoms with van der Waals surface area (Å²) in [6.45, 7) is 2.24. The highest BCUT2D eigenvalue weighted by Gasteiger charge is 2.58. The van der Waals surface area contributed by atoms with E-state index in [0.717, 1.165) is 23.6 Å². The average molecular weight is 395 g/mol. The van der Waals surface area contributed by atoms with Crippen molar-refractivity contribution >= 4 is 16.7 Å². The number of fused-ring (bicyclic) bond motifs is 2. The average Bonchev–Trinajstić information content (AvgIpc) is 3.03. The van der Waals surface area contributed by atoms with E-state index in [1.54, 1.807) is 0 Å². The summed E-state index contributed by atoms with van der Waals surface area (Å²) in [4.78, 5) is 12.5. The molecule has 2 aromatic rings. The Kier molecular flexibility index (Phi) is 4.58. The Balaban J connectivity index is 1.38. The van der Waals surface area contributed by atoms with Crippen LogP contribution in [0.15, 0.2) is 42.5 Å². The minimum atomic E-state index is -0.742. The van der Waals surface area contributed by atoms with Crippen molar-refractivity contribution in [3.05, 3.63) is 42.5 Å². The van der Waals surface area contributed by atoms with Crippen LogP contribution in [0.5, 0.6) is 5.75 Å². The topological polar surface area (TPSA) is 55.8 Å². The van der Waals surface area contributed by atoms with Gasteiger partial charge in [-0.2, -0.15) is 0 Å². The maximum atomic E-state index is 12.5. The Hall–Kier alpha value is -2.07. The van der Waals surface area contributed by atoms with Crippen molar-refractivity contribution in [1.82, 2.24) is 0 Å². The van der Waals surface area contributed by atoms with Gasteiger partial charge in [-0.15, -0.1) is 0 Å². The van der Waals surface area contributed by atoms with E-state index < -0.39 is 11.9 Å². The fourth-order valence-corrected chi connectivity index (χ4v) is 5.94. The van der Waals surface area contributed by atoms with Gasteiger partial charge in [-0.3, -0.25) is 4.79 Å². The van der Waals surface area contributed by atoms with Crippen LogP contribution in [0.4, 0.5) is 0 Å². The van der Waals surface area contributed by atoms with Crippen molar-refractivity contribution in [3.63, 3.8) is 0 Å². The minimum absolute atomic E-state index is 0.0741. The van der Waals surface area contributed by atoms with E-state index in [4.69, 9.17) is 9.47 Å². The molecule has 0 amide bonds. The van der Waals surface area contributed by atoms with Crippen LogP contribution in [0.2, 0.25) is 0 Å². The molecular formula is C25H30O4. The number of hydrogen-bond donors (Lipinski definition) is 1. The first-order chi connectivity index (χ1) is 14.0. The molecule has 29 heavy (non-hydrogen) atoms. The van der Waals surface area contributed by atoms with Gasteiger partial charge in [0.1, 0.15) is 5.75 Å². The smallest absolute Gasteiger partial charge is 0.312 e. The second kappa shape index (κ2) is 7.02. The van der Waals surface area contributed by atoms with E-state index in [0.29, 0.717) is 25.0 Å². The standard InChI is InChI=1S/C25H30O4/c1-24(12-5-2-6-13-24)25(27)14-11-20-21(16-25)23(29-22(20)26)28-19-10-9-17-7-3-4-8-18(17)15-19/h3-4,7-10,15,20-21,23,27H,2,5-6,11-14,16H2,1H3/t20-,21+,23+,25-/m0/s1. The molecule has 0 aromatic heterocycles. The lowest BCUT2D eigenvalue weighted by Gasteiger charge is -2.51. The highest BCUT2D eigenvalue weighted by molar-refractivity contribution is 5.83. The van der Waals surface area contributed by atoms with Gasteiger partial charge in [0, 0.05) is 5.92 Å². The number of carbonyl (C=O) groups excluding carboxylic acids is 1. The summed E-state index contributed by atoms with van der Waals surface area (Å²) in [5, 5.41) is 13.9. The van der Waals surface area contributed by atoms with E-state index in [-0.39, 0.29) is 23.2 Å². The van der Waals surface area contributed by atoms with Crippen molar-refractivity contribution in [2.45, 2.75) is 70.2 Å². The highest BCUT2D eigenvalue weighted by Crippen LogP contribution is 2.55. The fourth-order valence-electron chi connectivity index (χ4n) is 5.94. The maximum absolute atomic E-state index is 12.5. The van der Waals surface area contributed by atoms with Crippen LogP contribution in [0.1, 0.15) is 58.3 Å². The summed E-state index contributed by atoms with van der Waals surface area (Å²) in [5.41, 5.74) is -0.817. The van der Waals surface area contributed by atoms with Crippen LogP contribution in [0.25, 0.3) is 10.8 Å². The van der Waals surface area contributed by atoms with Crippen LogP contribution in [0, 0.1) is 17.3 Å². The molecule has 1 N–H and O–H groups in total.